The van der Waals surface area contributed by atoms with Crippen molar-refractivity contribution in [3.8, 4) is 5.75 Å². The molecule has 0 aromatic heterocycles. The average molecular weight is 317 g/mol. The molecule has 0 spiro atoms. The number of ether oxygens (including phenoxy) is 1. The van der Waals surface area contributed by atoms with Gasteiger partial charge in [-0.15, -0.1) is 0 Å². The molecule has 0 aliphatic heterocycles. The predicted molar refractivity (Wildman–Crippen MR) is 88.0 cm³/mol. The summed E-state index contributed by atoms with van der Waals surface area (Å²) in [6, 6.07) is 15.4. The Bertz CT molecular complexity index is 738. The Hall–Kier alpha value is -2.14. The molecule has 0 amide bonds. The molecule has 0 saturated heterocycles. The molecule has 5 heteroatoms. The molecule has 0 atom stereocenters. The smallest absolute Gasteiger partial charge is 0.282 e. The fourth-order valence-corrected chi connectivity index (χ4v) is 2.61. The van der Waals surface area contributed by atoms with Crippen LogP contribution in [0.4, 0.5) is 0 Å². The first-order valence-corrected chi connectivity index (χ1v) is 8.49. The van der Waals surface area contributed by atoms with Crippen LogP contribution in [0.1, 0.15) is 19.4 Å². The number of sulfonamides is 1. The lowest BCUT2D eigenvalue weighted by atomic mass is 10.2. The normalized spacial score (nSPS) is 12.0. The fourth-order valence-electron chi connectivity index (χ4n) is 1.73. The Balaban J connectivity index is 2.15. The Morgan fingerprint density at radius 1 is 1.09 bits per heavy atom. The summed E-state index contributed by atoms with van der Waals surface area (Å²) in [7, 11) is -3.67. The van der Waals surface area contributed by atoms with E-state index in [0.717, 1.165) is 0 Å². The van der Waals surface area contributed by atoms with Gasteiger partial charge in [0.15, 0.2) is 0 Å². The Kier molecular flexibility index (Phi) is 5.33. The molecule has 0 radical (unpaired) electrons. The Labute approximate surface area is 131 Å². The zero-order valence-electron chi connectivity index (χ0n) is 12.6. The number of rotatable bonds is 6. The van der Waals surface area contributed by atoms with Gasteiger partial charge in [0, 0.05) is 6.21 Å². The highest BCUT2D eigenvalue weighted by Gasteiger charge is 2.10. The maximum absolute atomic E-state index is 12.1. The summed E-state index contributed by atoms with van der Waals surface area (Å²) in [6.45, 7) is 4.75. The SMILES string of the molecule is CC(C)COc1cccc(/C=N\S(=O)(=O)c2ccccc2)c1. The highest BCUT2D eigenvalue weighted by Crippen LogP contribution is 2.15. The molecule has 116 valence electrons. The van der Waals surface area contributed by atoms with Gasteiger partial charge in [0.2, 0.25) is 0 Å². The molecule has 0 bridgehead atoms. The quantitative estimate of drug-likeness (QED) is 0.766. The average Bonchev–Trinajstić information content (AvgIpc) is 2.52. The minimum Gasteiger partial charge on any atom is -0.493 e. The molecular formula is C17H19NO3S. The molecule has 0 heterocycles. The Morgan fingerprint density at radius 3 is 2.50 bits per heavy atom. The van der Waals surface area contributed by atoms with Gasteiger partial charge in [-0.05, 0) is 35.7 Å². The van der Waals surface area contributed by atoms with Crippen molar-refractivity contribution in [2.75, 3.05) is 6.61 Å². The van der Waals surface area contributed by atoms with Crippen LogP contribution < -0.4 is 4.74 Å². The summed E-state index contributed by atoms with van der Waals surface area (Å²) in [5.41, 5.74) is 0.681. The summed E-state index contributed by atoms with van der Waals surface area (Å²) in [4.78, 5) is 0.179. The van der Waals surface area contributed by atoms with Crippen molar-refractivity contribution in [2.24, 2.45) is 10.3 Å². The van der Waals surface area contributed by atoms with Gasteiger partial charge in [0.25, 0.3) is 10.0 Å². The number of hydrogen-bond acceptors (Lipinski definition) is 3. The van der Waals surface area contributed by atoms with Gasteiger partial charge < -0.3 is 4.74 Å². The van der Waals surface area contributed by atoms with Crippen LogP contribution in [0.3, 0.4) is 0 Å². The molecule has 2 aromatic rings. The molecule has 0 N–H and O–H groups in total. The van der Waals surface area contributed by atoms with E-state index < -0.39 is 10.0 Å². The van der Waals surface area contributed by atoms with E-state index in [1.165, 1.54) is 18.3 Å². The van der Waals surface area contributed by atoms with Gasteiger partial charge in [-0.1, -0.05) is 44.2 Å². The van der Waals surface area contributed by atoms with Crippen LogP contribution in [0.25, 0.3) is 0 Å². The summed E-state index contributed by atoms with van der Waals surface area (Å²) >= 11 is 0. The van der Waals surface area contributed by atoms with Crippen molar-refractivity contribution >= 4 is 16.2 Å². The highest BCUT2D eigenvalue weighted by molar-refractivity contribution is 7.90. The molecule has 2 rings (SSSR count). The third kappa shape index (κ3) is 4.70. The molecular weight excluding hydrogens is 298 g/mol. The van der Waals surface area contributed by atoms with Crippen LogP contribution >= 0.6 is 0 Å². The van der Waals surface area contributed by atoms with E-state index in [9.17, 15) is 8.42 Å². The topological polar surface area (TPSA) is 55.7 Å². The van der Waals surface area contributed by atoms with Crippen molar-refractivity contribution < 1.29 is 13.2 Å². The zero-order chi connectivity index (χ0) is 16.0. The lowest BCUT2D eigenvalue weighted by molar-refractivity contribution is 0.271. The van der Waals surface area contributed by atoms with Gasteiger partial charge in [0.05, 0.1) is 11.5 Å². The van der Waals surface area contributed by atoms with Crippen LogP contribution in [-0.2, 0) is 10.0 Å². The molecule has 0 unspecified atom stereocenters. The Morgan fingerprint density at radius 2 is 1.82 bits per heavy atom. The van der Waals surface area contributed by atoms with Gasteiger partial charge in [-0.3, -0.25) is 0 Å². The molecule has 2 aromatic carbocycles. The third-order valence-electron chi connectivity index (χ3n) is 2.82. The van der Waals surface area contributed by atoms with Gasteiger partial charge in [0.1, 0.15) is 5.75 Å². The third-order valence-corrected chi connectivity index (χ3v) is 4.07. The highest BCUT2D eigenvalue weighted by atomic mass is 32.2. The number of nitrogens with zero attached hydrogens (tertiary/aromatic N) is 1. The van der Waals surface area contributed by atoms with Crippen LogP contribution in [0.5, 0.6) is 5.75 Å². The van der Waals surface area contributed by atoms with E-state index >= 15 is 0 Å². The second-order valence-electron chi connectivity index (χ2n) is 5.30. The standard InChI is InChI=1S/C17H19NO3S/c1-14(2)13-21-16-8-6-7-15(11-16)12-18-22(19,20)17-9-4-3-5-10-17/h3-12,14H,13H2,1-2H3/b18-12-. The fraction of sp³-hybridized carbons (Fsp3) is 0.235. The molecule has 0 fully saturated rings. The second kappa shape index (κ2) is 7.22. The number of hydrogen-bond donors (Lipinski definition) is 0. The van der Waals surface area contributed by atoms with Crippen molar-refractivity contribution in [1.29, 1.82) is 0 Å². The second-order valence-corrected chi connectivity index (χ2v) is 6.93. The van der Waals surface area contributed by atoms with Crippen LogP contribution in [-0.4, -0.2) is 21.2 Å². The summed E-state index contributed by atoms with van der Waals surface area (Å²) in [5, 5.41) is 0. The first kappa shape index (κ1) is 16.2. The lowest BCUT2D eigenvalue weighted by Gasteiger charge is -2.08. The summed E-state index contributed by atoms with van der Waals surface area (Å²) < 4.78 is 33.5. The van der Waals surface area contributed by atoms with Crippen LogP contribution in [0.2, 0.25) is 0 Å². The van der Waals surface area contributed by atoms with E-state index in [2.05, 4.69) is 18.2 Å². The summed E-state index contributed by atoms with van der Waals surface area (Å²) in [5.74, 6) is 1.13. The van der Waals surface area contributed by atoms with Gasteiger partial charge in [-0.2, -0.15) is 12.8 Å². The maximum atomic E-state index is 12.1. The molecule has 0 aliphatic carbocycles. The van der Waals surface area contributed by atoms with Gasteiger partial charge >= 0.3 is 0 Å². The van der Waals surface area contributed by atoms with E-state index in [-0.39, 0.29) is 4.90 Å². The van der Waals surface area contributed by atoms with Crippen LogP contribution in [0, 0.1) is 5.92 Å². The van der Waals surface area contributed by atoms with E-state index in [0.29, 0.717) is 23.8 Å². The lowest BCUT2D eigenvalue weighted by Crippen LogP contribution is -2.04. The minimum atomic E-state index is -3.67. The number of benzene rings is 2. The molecule has 22 heavy (non-hydrogen) atoms. The minimum absolute atomic E-state index is 0.179. The predicted octanol–water partition coefficient (Wildman–Crippen LogP) is 3.53. The van der Waals surface area contributed by atoms with E-state index in [1.54, 1.807) is 30.3 Å². The van der Waals surface area contributed by atoms with Crippen molar-refractivity contribution in [2.45, 2.75) is 18.7 Å². The van der Waals surface area contributed by atoms with E-state index in [4.69, 9.17) is 4.74 Å². The molecule has 0 saturated carbocycles. The summed E-state index contributed by atoms with van der Waals surface area (Å²) in [6.07, 6.45) is 1.34. The first-order chi connectivity index (χ1) is 10.5. The molecule has 0 aliphatic rings. The van der Waals surface area contributed by atoms with Gasteiger partial charge in [-0.25, -0.2) is 0 Å². The monoisotopic (exact) mass is 317 g/mol. The van der Waals surface area contributed by atoms with Crippen LogP contribution in [0.15, 0.2) is 63.9 Å². The van der Waals surface area contributed by atoms with Crippen molar-refractivity contribution in [1.82, 2.24) is 0 Å². The van der Waals surface area contributed by atoms with E-state index in [1.807, 2.05) is 12.1 Å². The first-order valence-electron chi connectivity index (χ1n) is 7.05. The molecule has 4 nitrogen and oxygen atoms in total. The zero-order valence-corrected chi connectivity index (χ0v) is 13.5. The largest absolute Gasteiger partial charge is 0.493 e. The van der Waals surface area contributed by atoms with Crippen molar-refractivity contribution in [3.05, 3.63) is 60.2 Å². The maximum Gasteiger partial charge on any atom is 0.282 e. The van der Waals surface area contributed by atoms with Crippen molar-refractivity contribution in [3.63, 3.8) is 0 Å².